The molecule has 1 saturated heterocycles. The van der Waals surface area contributed by atoms with E-state index in [9.17, 15) is 14.7 Å². The molecule has 27 heavy (non-hydrogen) atoms. The van der Waals surface area contributed by atoms with Gasteiger partial charge in [-0.3, -0.25) is 4.79 Å². The molecule has 2 heterocycles. The summed E-state index contributed by atoms with van der Waals surface area (Å²) in [4.78, 5) is 23.2. The summed E-state index contributed by atoms with van der Waals surface area (Å²) < 4.78 is 11.6. The van der Waals surface area contributed by atoms with Gasteiger partial charge >= 0.3 is 5.97 Å². The lowest BCUT2D eigenvalue weighted by atomic mass is 9.80. The molecular formula is C21H25NO5. The summed E-state index contributed by atoms with van der Waals surface area (Å²) in [5, 5.41) is 12.2. The molecule has 2 N–H and O–H groups in total. The lowest BCUT2D eigenvalue weighted by Crippen LogP contribution is -2.48. The highest BCUT2D eigenvalue weighted by molar-refractivity contribution is 5.84. The average molecular weight is 371 g/mol. The topological polar surface area (TPSA) is 88.8 Å². The molecule has 0 aliphatic carbocycles. The Morgan fingerprint density at radius 1 is 1.15 bits per heavy atom. The minimum atomic E-state index is -1.15. The number of carbonyl (C=O) groups is 2. The van der Waals surface area contributed by atoms with Crippen LogP contribution in [0, 0.1) is 0 Å². The number of carbonyl (C=O) groups excluding carboxylic acids is 1. The first-order valence-corrected chi connectivity index (χ1v) is 8.97. The molecule has 0 radical (unpaired) electrons. The van der Waals surface area contributed by atoms with Crippen molar-refractivity contribution in [3.8, 4) is 0 Å². The number of amides is 1. The highest BCUT2D eigenvalue weighted by Crippen LogP contribution is 2.41. The second-order valence-corrected chi connectivity index (χ2v) is 7.89. The maximum absolute atomic E-state index is 11.9. The standard InChI is InChI=1S/C21H25NO5/c1-20(2,3)13-5-7-14(8-6-13)21(26-4,16-10-12-18(23)22-16)17-11-9-15(27-17)19(24)25/h5-9,11,16H,10,12H2,1-4H3,(H,22,23)(H,24,25)/t16?,21-/m0/s1. The minimum Gasteiger partial charge on any atom is -0.475 e. The van der Waals surface area contributed by atoms with E-state index < -0.39 is 11.6 Å². The number of methoxy groups -OCH3 is 1. The van der Waals surface area contributed by atoms with Crippen LogP contribution in [0.25, 0.3) is 0 Å². The fourth-order valence-electron chi connectivity index (χ4n) is 3.67. The Labute approximate surface area is 158 Å². The number of nitrogens with one attached hydrogen (secondary N) is 1. The Hall–Kier alpha value is -2.60. The Bertz CT molecular complexity index is 846. The Kier molecular flexibility index (Phi) is 4.86. The van der Waals surface area contributed by atoms with Crippen LogP contribution in [0.1, 0.15) is 61.1 Å². The molecule has 1 aliphatic heterocycles. The molecule has 1 aliphatic rings. The number of furan rings is 1. The normalized spacial score (nSPS) is 19.6. The molecule has 144 valence electrons. The predicted octanol–water partition coefficient (Wildman–Crippen LogP) is 3.44. The van der Waals surface area contributed by atoms with E-state index in [-0.39, 0.29) is 23.1 Å². The van der Waals surface area contributed by atoms with Gasteiger partial charge in [-0.25, -0.2) is 4.79 Å². The van der Waals surface area contributed by atoms with Crippen molar-refractivity contribution in [3.63, 3.8) is 0 Å². The summed E-state index contributed by atoms with van der Waals surface area (Å²) in [7, 11) is 1.55. The fourth-order valence-corrected chi connectivity index (χ4v) is 3.67. The second-order valence-electron chi connectivity index (χ2n) is 7.89. The zero-order valence-electron chi connectivity index (χ0n) is 16.0. The van der Waals surface area contributed by atoms with Crippen LogP contribution >= 0.6 is 0 Å². The molecule has 1 aromatic heterocycles. The SMILES string of the molecule is CO[C@](c1ccc(C(C)(C)C)cc1)(c1ccc(C(=O)O)o1)C1CCC(=O)N1. The van der Waals surface area contributed by atoms with E-state index in [4.69, 9.17) is 9.15 Å². The van der Waals surface area contributed by atoms with E-state index in [0.717, 1.165) is 11.1 Å². The zero-order chi connectivity index (χ0) is 19.8. The number of rotatable bonds is 5. The Morgan fingerprint density at radius 3 is 2.22 bits per heavy atom. The molecule has 6 nitrogen and oxygen atoms in total. The molecule has 1 aromatic carbocycles. The van der Waals surface area contributed by atoms with Crippen molar-refractivity contribution in [3.05, 3.63) is 59.0 Å². The fraction of sp³-hybridized carbons (Fsp3) is 0.429. The number of ether oxygens (including phenoxy) is 1. The number of hydrogen-bond acceptors (Lipinski definition) is 4. The zero-order valence-corrected chi connectivity index (χ0v) is 16.0. The molecule has 1 amide bonds. The molecular weight excluding hydrogens is 346 g/mol. The highest BCUT2D eigenvalue weighted by atomic mass is 16.5. The molecule has 0 spiro atoms. The van der Waals surface area contributed by atoms with Gasteiger partial charge in [0.2, 0.25) is 11.7 Å². The van der Waals surface area contributed by atoms with E-state index in [0.29, 0.717) is 18.6 Å². The smallest absolute Gasteiger partial charge is 0.371 e. The van der Waals surface area contributed by atoms with Gasteiger partial charge in [-0.2, -0.15) is 0 Å². The molecule has 0 saturated carbocycles. The van der Waals surface area contributed by atoms with Gasteiger partial charge in [0.15, 0.2) is 5.60 Å². The average Bonchev–Trinajstić information content (AvgIpc) is 3.26. The van der Waals surface area contributed by atoms with Crippen LogP contribution in [0.3, 0.4) is 0 Å². The number of benzene rings is 1. The van der Waals surface area contributed by atoms with Crippen LogP contribution in [0.4, 0.5) is 0 Å². The van der Waals surface area contributed by atoms with Crippen molar-refractivity contribution >= 4 is 11.9 Å². The van der Waals surface area contributed by atoms with E-state index in [1.807, 2.05) is 24.3 Å². The predicted molar refractivity (Wildman–Crippen MR) is 99.8 cm³/mol. The largest absolute Gasteiger partial charge is 0.475 e. The highest BCUT2D eigenvalue weighted by Gasteiger charge is 2.48. The van der Waals surface area contributed by atoms with Crippen LogP contribution in [0.2, 0.25) is 0 Å². The van der Waals surface area contributed by atoms with Crippen LogP contribution in [0.5, 0.6) is 0 Å². The van der Waals surface area contributed by atoms with Gasteiger partial charge in [0.25, 0.3) is 0 Å². The van der Waals surface area contributed by atoms with Crippen molar-refractivity contribution in [1.29, 1.82) is 0 Å². The van der Waals surface area contributed by atoms with Crippen molar-refractivity contribution in [2.75, 3.05) is 7.11 Å². The molecule has 1 fully saturated rings. The summed E-state index contributed by atoms with van der Waals surface area (Å²) in [5.74, 6) is -1.01. The summed E-state index contributed by atoms with van der Waals surface area (Å²) in [6, 6.07) is 10.6. The monoisotopic (exact) mass is 371 g/mol. The van der Waals surface area contributed by atoms with Gasteiger partial charge in [-0.1, -0.05) is 45.0 Å². The third-order valence-electron chi connectivity index (χ3n) is 5.17. The number of carboxylic acids is 1. The summed E-state index contributed by atoms with van der Waals surface area (Å²) in [6.07, 6.45) is 0.957. The van der Waals surface area contributed by atoms with Crippen molar-refractivity contribution < 1.29 is 23.8 Å². The first-order valence-electron chi connectivity index (χ1n) is 8.97. The summed E-state index contributed by atoms with van der Waals surface area (Å²) in [6.45, 7) is 6.40. The quantitative estimate of drug-likeness (QED) is 0.840. The van der Waals surface area contributed by atoms with E-state index in [2.05, 4.69) is 26.1 Å². The van der Waals surface area contributed by atoms with Gasteiger partial charge < -0.3 is 19.6 Å². The second kappa shape index (κ2) is 6.85. The van der Waals surface area contributed by atoms with Crippen molar-refractivity contribution in [1.82, 2.24) is 5.32 Å². The number of aromatic carboxylic acids is 1. The molecule has 1 unspecified atom stereocenters. The summed E-state index contributed by atoms with van der Waals surface area (Å²) in [5.41, 5.74) is 0.863. The lowest BCUT2D eigenvalue weighted by molar-refractivity contribution is -0.120. The van der Waals surface area contributed by atoms with E-state index >= 15 is 0 Å². The third-order valence-corrected chi connectivity index (χ3v) is 5.17. The third kappa shape index (κ3) is 3.37. The summed E-state index contributed by atoms with van der Waals surface area (Å²) >= 11 is 0. The lowest BCUT2D eigenvalue weighted by Gasteiger charge is -2.36. The van der Waals surface area contributed by atoms with Gasteiger partial charge in [0.05, 0.1) is 6.04 Å². The maximum Gasteiger partial charge on any atom is 0.371 e. The van der Waals surface area contributed by atoms with Gasteiger partial charge in [0, 0.05) is 13.5 Å². The number of carboxylic acid groups (broad SMARTS) is 1. The molecule has 2 aromatic rings. The Morgan fingerprint density at radius 2 is 1.78 bits per heavy atom. The Balaban J connectivity index is 2.14. The molecule has 3 rings (SSSR count). The van der Waals surface area contributed by atoms with Crippen LogP contribution in [-0.2, 0) is 20.5 Å². The van der Waals surface area contributed by atoms with Crippen LogP contribution in [-0.4, -0.2) is 30.1 Å². The van der Waals surface area contributed by atoms with E-state index in [1.165, 1.54) is 6.07 Å². The van der Waals surface area contributed by atoms with Crippen molar-refractivity contribution in [2.24, 2.45) is 0 Å². The van der Waals surface area contributed by atoms with Gasteiger partial charge in [-0.05, 0) is 35.1 Å². The first kappa shape index (κ1) is 19.2. The van der Waals surface area contributed by atoms with Crippen LogP contribution < -0.4 is 5.32 Å². The number of hydrogen-bond donors (Lipinski definition) is 2. The van der Waals surface area contributed by atoms with Gasteiger partial charge in [0.1, 0.15) is 5.76 Å². The van der Waals surface area contributed by atoms with Crippen LogP contribution in [0.15, 0.2) is 40.8 Å². The molecule has 6 heteroatoms. The van der Waals surface area contributed by atoms with Gasteiger partial charge in [-0.15, -0.1) is 0 Å². The minimum absolute atomic E-state index is 0.00298. The molecule has 2 atom stereocenters. The van der Waals surface area contributed by atoms with E-state index in [1.54, 1.807) is 13.2 Å². The van der Waals surface area contributed by atoms with Crippen molar-refractivity contribution in [2.45, 2.75) is 50.7 Å². The molecule has 0 bridgehead atoms. The maximum atomic E-state index is 11.9. The first-order chi connectivity index (χ1) is 12.7.